The molecule has 0 N–H and O–H groups in total. The Hall–Kier alpha value is -0.980. The van der Waals surface area contributed by atoms with Crippen LogP contribution in [0.5, 0.6) is 0 Å². The van der Waals surface area contributed by atoms with Crippen molar-refractivity contribution < 1.29 is 0 Å². The lowest BCUT2D eigenvalue weighted by atomic mass is 9.95. The van der Waals surface area contributed by atoms with Crippen molar-refractivity contribution in [2.24, 2.45) is 0 Å². The fourth-order valence-electron chi connectivity index (χ4n) is 2.33. The van der Waals surface area contributed by atoms with Gasteiger partial charge in [0.2, 0.25) is 0 Å². The molecule has 1 nitrogen and oxygen atoms in total. The standard InChI is InChI=1S/C13H19N/c1-10-6-7-13-12(9-10)11(2)5-4-8-14(13)3/h6-7,9,11H,4-5,8H2,1-3H3. The summed E-state index contributed by atoms with van der Waals surface area (Å²) < 4.78 is 0. The van der Waals surface area contributed by atoms with Crippen molar-refractivity contribution >= 4 is 5.69 Å². The highest BCUT2D eigenvalue weighted by Gasteiger charge is 2.17. The van der Waals surface area contributed by atoms with E-state index < -0.39 is 0 Å². The maximum Gasteiger partial charge on any atom is 0.0399 e. The monoisotopic (exact) mass is 189 g/mol. The van der Waals surface area contributed by atoms with Gasteiger partial charge in [0.15, 0.2) is 0 Å². The van der Waals surface area contributed by atoms with Crippen LogP contribution >= 0.6 is 0 Å². The molecule has 14 heavy (non-hydrogen) atoms. The molecule has 0 saturated carbocycles. The van der Waals surface area contributed by atoms with Crippen molar-refractivity contribution in [1.82, 2.24) is 0 Å². The van der Waals surface area contributed by atoms with Gasteiger partial charge >= 0.3 is 0 Å². The number of hydrogen-bond acceptors (Lipinski definition) is 1. The Labute approximate surface area is 86.7 Å². The Morgan fingerprint density at radius 1 is 1.36 bits per heavy atom. The smallest absolute Gasteiger partial charge is 0.0399 e. The van der Waals surface area contributed by atoms with Gasteiger partial charge in [-0.05, 0) is 37.3 Å². The molecule has 2 rings (SSSR count). The average Bonchev–Trinajstić information content (AvgIpc) is 2.28. The first-order chi connectivity index (χ1) is 6.68. The minimum atomic E-state index is 0.717. The molecule has 0 radical (unpaired) electrons. The fourth-order valence-corrected chi connectivity index (χ4v) is 2.33. The molecule has 1 aromatic rings. The molecule has 0 fully saturated rings. The third-order valence-electron chi connectivity index (χ3n) is 3.26. The van der Waals surface area contributed by atoms with Gasteiger partial charge in [0.1, 0.15) is 0 Å². The maximum absolute atomic E-state index is 2.39. The molecule has 0 aromatic heterocycles. The maximum atomic E-state index is 2.39. The van der Waals surface area contributed by atoms with Gasteiger partial charge in [-0.2, -0.15) is 0 Å². The number of aryl methyl sites for hydroxylation is 1. The highest BCUT2D eigenvalue weighted by Crippen LogP contribution is 2.33. The largest absolute Gasteiger partial charge is 0.374 e. The zero-order valence-corrected chi connectivity index (χ0v) is 9.38. The van der Waals surface area contributed by atoms with Crippen LogP contribution in [0.3, 0.4) is 0 Å². The molecular formula is C13H19N. The van der Waals surface area contributed by atoms with Gasteiger partial charge in [0, 0.05) is 19.3 Å². The molecule has 0 amide bonds. The van der Waals surface area contributed by atoms with E-state index in [1.54, 1.807) is 0 Å². The Balaban J connectivity index is 2.48. The van der Waals surface area contributed by atoms with Crippen LogP contribution in [0.4, 0.5) is 5.69 Å². The summed E-state index contributed by atoms with van der Waals surface area (Å²) in [7, 11) is 2.20. The van der Waals surface area contributed by atoms with Crippen molar-refractivity contribution in [3.8, 4) is 0 Å². The highest BCUT2D eigenvalue weighted by molar-refractivity contribution is 5.56. The topological polar surface area (TPSA) is 3.24 Å². The molecule has 0 spiro atoms. The fraction of sp³-hybridized carbons (Fsp3) is 0.538. The summed E-state index contributed by atoms with van der Waals surface area (Å²) in [5.41, 5.74) is 4.34. The first-order valence-corrected chi connectivity index (χ1v) is 5.50. The van der Waals surface area contributed by atoms with Crippen LogP contribution in [0.15, 0.2) is 18.2 Å². The molecule has 1 atom stereocenters. The minimum Gasteiger partial charge on any atom is -0.374 e. The average molecular weight is 189 g/mol. The van der Waals surface area contributed by atoms with Crippen molar-refractivity contribution in [1.29, 1.82) is 0 Å². The quantitative estimate of drug-likeness (QED) is 0.605. The summed E-state index contributed by atoms with van der Waals surface area (Å²) in [6.07, 6.45) is 2.63. The van der Waals surface area contributed by atoms with Crippen LogP contribution in [-0.4, -0.2) is 13.6 Å². The predicted octanol–water partition coefficient (Wildman–Crippen LogP) is 3.33. The van der Waals surface area contributed by atoms with Gasteiger partial charge < -0.3 is 4.90 Å². The van der Waals surface area contributed by atoms with E-state index in [2.05, 4.69) is 44.0 Å². The molecule has 0 saturated heterocycles. The van der Waals surface area contributed by atoms with Gasteiger partial charge in [0.25, 0.3) is 0 Å². The lowest BCUT2D eigenvalue weighted by Crippen LogP contribution is -2.17. The van der Waals surface area contributed by atoms with E-state index in [1.165, 1.54) is 36.2 Å². The van der Waals surface area contributed by atoms with Gasteiger partial charge in [-0.15, -0.1) is 0 Å². The van der Waals surface area contributed by atoms with Crippen LogP contribution in [0.1, 0.15) is 36.8 Å². The molecule has 76 valence electrons. The Bertz CT molecular complexity index is 330. The first-order valence-electron chi connectivity index (χ1n) is 5.50. The Kier molecular flexibility index (Phi) is 2.49. The van der Waals surface area contributed by atoms with Crippen LogP contribution in [0, 0.1) is 6.92 Å². The third-order valence-corrected chi connectivity index (χ3v) is 3.26. The summed E-state index contributed by atoms with van der Waals surface area (Å²) in [4.78, 5) is 2.39. The van der Waals surface area contributed by atoms with Crippen molar-refractivity contribution in [2.75, 3.05) is 18.5 Å². The summed E-state index contributed by atoms with van der Waals surface area (Å²) in [6.45, 7) is 5.72. The normalized spacial score (nSPS) is 21.6. The predicted molar refractivity (Wildman–Crippen MR) is 62.1 cm³/mol. The SMILES string of the molecule is Cc1ccc2c(c1)C(C)CCCN2C. The van der Waals surface area contributed by atoms with Gasteiger partial charge in [-0.25, -0.2) is 0 Å². The van der Waals surface area contributed by atoms with Crippen LogP contribution in [0.25, 0.3) is 0 Å². The molecule has 1 aliphatic heterocycles. The molecule has 1 unspecified atom stereocenters. The second-order valence-electron chi connectivity index (χ2n) is 4.53. The molecule has 1 aliphatic rings. The van der Waals surface area contributed by atoms with E-state index in [9.17, 15) is 0 Å². The molecule has 1 heteroatoms. The first kappa shape index (κ1) is 9.57. The van der Waals surface area contributed by atoms with Crippen molar-refractivity contribution in [2.45, 2.75) is 32.6 Å². The number of nitrogens with zero attached hydrogens (tertiary/aromatic N) is 1. The van der Waals surface area contributed by atoms with Crippen molar-refractivity contribution in [3.63, 3.8) is 0 Å². The lowest BCUT2D eigenvalue weighted by molar-refractivity contribution is 0.656. The number of rotatable bonds is 0. The Morgan fingerprint density at radius 3 is 2.93 bits per heavy atom. The molecule has 1 aromatic carbocycles. The van der Waals surface area contributed by atoms with E-state index in [-0.39, 0.29) is 0 Å². The van der Waals surface area contributed by atoms with Crippen LogP contribution < -0.4 is 4.90 Å². The summed E-state index contributed by atoms with van der Waals surface area (Å²) in [6, 6.07) is 6.84. The number of anilines is 1. The van der Waals surface area contributed by atoms with Gasteiger partial charge in [-0.1, -0.05) is 24.6 Å². The van der Waals surface area contributed by atoms with Crippen LogP contribution in [0.2, 0.25) is 0 Å². The van der Waals surface area contributed by atoms with E-state index in [1.807, 2.05) is 0 Å². The molecule has 1 heterocycles. The van der Waals surface area contributed by atoms with Crippen molar-refractivity contribution in [3.05, 3.63) is 29.3 Å². The minimum absolute atomic E-state index is 0.717. The third kappa shape index (κ3) is 1.63. The van der Waals surface area contributed by atoms with Gasteiger partial charge in [0.05, 0.1) is 0 Å². The van der Waals surface area contributed by atoms with E-state index >= 15 is 0 Å². The summed E-state index contributed by atoms with van der Waals surface area (Å²) in [5, 5.41) is 0. The van der Waals surface area contributed by atoms with Crippen LogP contribution in [-0.2, 0) is 0 Å². The zero-order valence-electron chi connectivity index (χ0n) is 9.38. The molecule has 0 bridgehead atoms. The Morgan fingerprint density at radius 2 is 2.14 bits per heavy atom. The number of hydrogen-bond donors (Lipinski definition) is 0. The van der Waals surface area contributed by atoms with E-state index in [0.717, 1.165) is 5.92 Å². The second-order valence-corrected chi connectivity index (χ2v) is 4.53. The lowest BCUT2D eigenvalue weighted by Gasteiger charge is -2.20. The molecular weight excluding hydrogens is 170 g/mol. The number of fused-ring (bicyclic) bond motifs is 1. The zero-order chi connectivity index (χ0) is 10.1. The van der Waals surface area contributed by atoms with E-state index in [4.69, 9.17) is 0 Å². The summed E-state index contributed by atoms with van der Waals surface area (Å²) >= 11 is 0. The second kappa shape index (κ2) is 3.64. The van der Waals surface area contributed by atoms with E-state index in [0.29, 0.717) is 0 Å². The molecule has 0 aliphatic carbocycles. The highest BCUT2D eigenvalue weighted by atomic mass is 15.1. The van der Waals surface area contributed by atoms with Gasteiger partial charge in [-0.3, -0.25) is 0 Å². The summed E-state index contributed by atoms with van der Waals surface area (Å²) in [5.74, 6) is 0.717. The number of benzene rings is 1.